The smallest absolute Gasteiger partial charge is 0.180 e. The van der Waals surface area contributed by atoms with E-state index in [1.807, 2.05) is 19.1 Å². The van der Waals surface area contributed by atoms with Crippen molar-refractivity contribution in [3.8, 4) is 11.5 Å². The number of hydrogen-bond donors (Lipinski definition) is 1. The van der Waals surface area contributed by atoms with Crippen molar-refractivity contribution >= 4 is 24.0 Å². The molecular formula is C23H30Cl2FNO2. The molecule has 0 amide bonds. The zero-order valence-corrected chi connectivity index (χ0v) is 18.5. The van der Waals surface area contributed by atoms with Gasteiger partial charge in [-0.2, -0.15) is 0 Å². The summed E-state index contributed by atoms with van der Waals surface area (Å²) >= 11 is 6.50. The van der Waals surface area contributed by atoms with Crippen LogP contribution >= 0.6 is 24.0 Å². The highest BCUT2D eigenvalue weighted by molar-refractivity contribution is 6.32. The van der Waals surface area contributed by atoms with E-state index in [9.17, 15) is 4.39 Å². The SMILES string of the molecule is CCOc1cc(CNC2CCCCCC2)cc(Cl)c1OCc1ccccc1F.Cl. The van der Waals surface area contributed by atoms with Crippen LogP contribution in [-0.4, -0.2) is 12.6 Å². The van der Waals surface area contributed by atoms with Crippen LogP contribution in [0.2, 0.25) is 5.02 Å². The fourth-order valence-corrected chi connectivity index (χ4v) is 3.93. The van der Waals surface area contributed by atoms with Gasteiger partial charge >= 0.3 is 0 Å². The molecule has 3 nitrogen and oxygen atoms in total. The zero-order valence-electron chi connectivity index (χ0n) is 16.9. The quantitative estimate of drug-likeness (QED) is 0.462. The van der Waals surface area contributed by atoms with Crippen molar-refractivity contribution < 1.29 is 13.9 Å². The van der Waals surface area contributed by atoms with Crippen molar-refractivity contribution in [2.45, 2.75) is 64.6 Å². The van der Waals surface area contributed by atoms with Gasteiger partial charge in [0.2, 0.25) is 0 Å². The summed E-state index contributed by atoms with van der Waals surface area (Å²) in [4.78, 5) is 0. The third kappa shape index (κ3) is 7.06. The number of benzene rings is 2. The summed E-state index contributed by atoms with van der Waals surface area (Å²) in [6.45, 7) is 3.28. The standard InChI is InChI=1S/C23H29ClFNO2.ClH/c1-2-27-22-14-17(15-26-19-10-5-3-4-6-11-19)13-20(24)23(22)28-16-18-9-7-8-12-21(18)25;/h7-9,12-14,19,26H,2-6,10-11,15-16H2,1H3;1H. The molecule has 2 aromatic carbocycles. The monoisotopic (exact) mass is 441 g/mol. The molecule has 1 N–H and O–H groups in total. The average Bonchev–Trinajstić information content (AvgIpc) is 2.96. The van der Waals surface area contributed by atoms with Gasteiger partial charge in [-0.25, -0.2) is 4.39 Å². The Hall–Kier alpha value is -1.49. The van der Waals surface area contributed by atoms with Gasteiger partial charge in [-0.3, -0.25) is 0 Å². The maximum atomic E-state index is 13.9. The van der Waals surface area contributed by atoms with E-state index in [0.29, 0.717) is 34.7 Å². The van der Waals surface area contributed by atoms with Crippen molar-refractivity contribution in [2.75, 3.05) is 6.61 Å². The second kappa shape index (κ2) is 12.3. The molecule has 29 heavy (non-hydrogen) atoms. The largest absolute Gasteiger partial charge is 0.490 e. The van der Waals surface area contributed by atoms with Crippen molar-refractivity contribution in [1.82, 2.24) is 5.32 Å². The van der Waals surface area contributed by atoms with Gasteiger partial charge in [0.25, 0.3) is 0 Å². The van der Waals surface area contributed by atoms with Crippen LogP contribution in [0.1, 0.15) is 56.6 Å². The zero-order chi connectivity index (χ0) is 19.8. The summed E-state index contributed by atoms with van der Waals surface area (Å²) in [7, 11) is 0. The first kappa shape index (κ1) is 23.8. The lowest BCUT2D eigenvalue weighted by atomic mass is 10.1. The van der Waals surface area contributed by atoms with E-state index < -0.39 is 0 Å². The highest BCUT2D eigenvalue weighted by Gasteiger charge is 2.16. The molecule has 0 aliphatic heterocycles. The van der Waals surface area contributed by atoms with Gasteiger partial charge in [0.15, 0.2) is 11.5 Å². The Kier molecular flexibility index (Phi) is 10.1. The first-order valence-corrected chi connectivity index (χ1v) is 10.6. The summed E-state index contributed by atoms with van der Waals surface area (Å²) < 4.78 is 25.5. The molecule has 1 fully saturated rings. The van der Waals surface area contributed by atoms with Gasteiger partial charge in [-0.1, -0.05) is 55.5 Å². The Morgan fingerprint density at radius 2 is 1.79 bits per heavy atom. The Bertz CT molecular complexity index is 765. The Balaban J connectivity index is 0.00000300. The molecule has 0 atom stereocenters. The van der Waals surface area contributed by atoms with Gasteiger partial charge in [-0.15, -0.1) is 12.4 Å². The second-order valence-electron chi connectivity index (χ2n) is 7.29. The molecule has 0 heterocycles. The summed E-state index contributed by atoms with van der Waals surface area (Å²) in [5.74, 6) is 0.773. The van der Waals surface area contributed by atoms with E-state index in [-0.39, 0.29) is 24.8 Å². The van der Waals surface area contributed by atoms with E-state index >= 15 is 0 Å². The molecule has 2 aromatic rings. The molecule has 0 spiro atoms. The number of halogens is 3. The Morgan fingerprint density at radius 3 is 2.48 bits per heavy atom. The molecule has 0 radical (unpaired) electrons. The minimum atomic E-state index is -0.291. The predicted octanol–water partition coefficient (Wildman–Crippen LogP) is 6.69. The third-order valence-corrected chi connectivity index (χ3v) is 5.43. The predicted molar refractivity (Wildman–Crippen MR) is 119 cm³/mol. The minimum absolute atomic E-state index is 0. The minimum Gasteiger partial charge on any atom is -0.490 e. The van der Waals surface area contributed by atoms with Crippen LogP contribution in [0.4, 0.5) is 4.39 Å². The van der Waals surface area contributed by atoms with E-state index in [1.54, 1.807) is 18.2 Å². The van der Waals surface area contributed by atoms with E-state index in [1.165, 1.54) is 44.6 Å². The first-order valence-electron chi connectivity index (χ1n) is 10.2. The Morgan fingerprint density at radius 1 is 1.07 bits per heavy atom. The van der Waals surface area contributed by atoms with Crippen molar-refractivity contribution in [3.63, 3.8) is 0 Å². The molecule has 0 bridgehead atoms. The number of rotatable bonds is 8. The topological polar surface area (TPSA) is 30.5 Å². The molecule has 0 unspecified atom stereocenters. The van der Waals surface area contributed by atoms with E-state index in [0.717, 1.165) is 12.1 Å². The molecule has 160 valence electrons. The highest BCUT2D eigenvalue weighted by Crippen LogP contribution is 2.37. The van der Waals surface area contributed by atoms with Crippen LogP contribution in [0, 0.1) is 5.82 Å². The maximum absolute atomic E-state index is 13.9. The first-order chi connectivity index (χ1) is 13.7. The van der Waals surface area contributed by atoms with Gasteiger partial charge in [0, 0.05) is 18.2 Å². The molecule has 3 rings (SSSR count). The lowest BCUT2D eigenvalue weighted by molar-refractivity contribution is 0.265. The number of hydrogen-bond acceptors (Lipinski definition) is 3. The van der Waals surface area contributed by atoms with Gasteiger partial charge in [-0.05, 0) is 43.5 Å². The van der Waals surface area contributed by atoms with Gasteiger partial charge < -0.3 is 14.8 Å². The Labute approximate surface area is 184 Å². The summed E-state index contributed by atoms with van der Waals surface area (Å²) in [5.41, 5.74) is 1.55. The number of nitrogens with one attached hydrogen (secondary N) is 1. The van der Waals surface area contributed by atoms with E-state index in [2.05, 4.69) is 5.32 Å². The van der Waals surface area contributed by atoms with E-state index in [4.69, 9.17) is 21.1 Å². The lowest BCUT2D eigenvalue weighted by Gasteiger charge is -2.18. The number of ether oxygens (including phenoxy) is 2. The fourth-order valence-electron chi connectivity index (χ4n) is 3.64. The van der Waals surface area contributed by atoms with Crippen LogP contribution in [-0.2, 0) is 13.2 Å². The summed E-state index contributed by atoms with van der Waals surface area (Å²) in [6.07, 6.45) is 7.74. The summed E-state index contributed by atoms with van der Waals surface area (Å²) in [6, 6.07) is 11.0. The van der Waals surface area contributed by atoms with Crippen molar-refractivity contribution in [2.24, 2.45) is 0 Å². The van der Waals surface area contributed by atoms with Gasteiger partial charge in [0.1, 0.15) is 12.4 Å². The average molecular weight is 442 g/mol. The molecule has 6 heteroatoms. The second-order valence-corrected chi connectivity index (χ2v) is 7.69. The van der Waals surface area contributed by atoms with Crippen LogP contribution in [0.5, 0.6) is 11.5 Å². The van der Waals surface area contributed by atoms with Crippen LogP contribution in [0.25, 0.3) is 0 Å². The molecule has 1 saturated carbocycles. The highest BCUT2D eigenvalue weighted by atomic mass is 35.5. The summed E-state index contributed by atoms with van der Waals surface area (Å²) in [5, 5.41) is 4.14. The maximum Gasteiger partial charge on any atom is 0.180 e. The van der Waals surface area contributed by atoms with Crippen molar-refractivity contribution in [3.05, 3.63) is 58.4 Å². The van der Waals surface area contributed by atoms with Crippen LogP contribution in [0.3, 0.4) is 0 Å². The van der Waals surface area contributed by atoms with Crippen LogP contribution < -0.4 is 14.8 Å². The van der Waals surface area contributed by atoms with Gasteiger partial charge in [0.05, 0.1) is 11.6 Å². The molecule has 0 aromatic heterocycles. The lowest BCUT2D eigenvalue weighted by Crippen LogP contribution is -2.27. The molecular weight excluding hydrogens is 412 g/mol. The van der Waals surface area contributed by atoms with Crippen LogP contribution in [0.15, 0.2) is 36.4 Å². The normalized spacial score (nSPS) is 14.7. The molecule has 0 saturated heterocycles. The molecule has 1 aliphatic rings. The fraction of sp³-hybridized carbons (Fsp3) is 0.478. The molecule has 1 aliphatic carbocycles. The third-order valence-electron chi connectivity index (χ3n) is 5.15. The van der Waals surface area contributed by atoms with Crippen molar-refractivity contribution in [1.29, 1.82) is 0 Å².